The van der Waals surface area contributed by atoms with Gasteiger partial charge in [-0.25, -0.2) is 4.98 Å². The van der Waals surface area contributed by atoms with E-state index in [0.717, 1.165) is 76.8 Å². The van der Waals surface area contributed by atoms with Gasteiger partial charge in [-0.15, -0.1) is 0 Å². The minimum atomic E-state index is 0.541. The number of furan rings is 1. The molecule has 9 aromatic carbocycles. The number of hydrogen-bond donors (Lipinski definition) is 0. The second-order valence-corrected chi connectivity index (χ2v) is 14.4. The van der Waals surface area contributed by atoms with E-state index >= 15 is 0 Å². The minimum absolute atomic E-state index is 0.541. The van der Waals surface area contributed by atoms with E-state index in [0.29, 0.717) is 17.6 Å². The van der Waals surface area contributed by atoms with Gasteiger partial charge in [0.25, 0.3) is 0 Å². The molecule has 0 fully saturated rings. The van der Waals surface area contributed by atoms with Crippen LogP contribution in [0.5, 0.6) is 0 Å². The fourth-order valence-electron chi connectivity index (χ4n) is 8.61. The molecule has 0 radical (unpaired) electrons. The van der Waals surface area contributed by atoms with Gasteiger partial charge in [0.15, 0.2) is 11.6 Å². The molecule has 5 heteroatoms. The predicted molar refractivity (Wildman–Crippen MR) is 230 cm³/mol. The Morgan fingerprint density at radius 2 is 1.04 bits per heavy atom. The molecule has 0 amide bonds. The fraction of sp³-hybridized carbons (Fsp3) is 0. The molecule has 0 saturated heterocycles. The van der Waals surface area contributed by atoms with Crippen LogP contribution in [0.25, 0.3) is 116 Å². The van der Waals surface area contributed by atoms with Crippen molar-refractivity contribution in [2.24, 2.45) is 0 Å². The molecule has 5 nitrogen and oxygen atoms in total. The first-order valence-corrected chi connectivity index (χ1v) is 18.9. The minimum Gasteiger partial charge on any atom is -0.455 e. The summed E-state index contributed by atoms with van der Waals surface area (Å²) in [5.41, 5.74) is 7.60. The molecular formula is C51H30N4O. The zero-order valence-electron chi connectivity index (χ0n) is 30.0. The molecule has 12 rings (SSSR count). The number of para-hydroxylation sites is 2. The van der Waals surface area contributed by atoms with Crippen molar-refractivity contribution in [3.63, 3.8) is 0 Å². The van der Waals surface area contributed by atoms with Crippen LogP contribution in [-0.2, 0) is 0 Å². The van der Waals surface area contributed by atoms with E-state index in [4.69, 9.17) is 19.4 Å². The molecule has 12 aromatic rings. The second-order valence-electron chi connectivity index (χ2n) is 14.4. The Balaban J connectivity index is 1.19. The lowest BCUT2D eigenvalue weighted by Gasteiger charge is -2.14. The Hall–Kier alpha value is -7.63. The maximum absolute atomic E-state index is 6.75. The van der Waals surface area contributed by atoms with Gasteiger partial charge in [0, 0.05) is 27.1 Å². The maximum atomic E-state index is 6.75. The lowest BCUT2D eigenvalue weighted by molar-refractivity contribution is 0.670. The van der Waals surface area contributed by atoms with Crippen LogP contribution in [0.2, 0.25) is 0 Å². The second kappa shape index (κ2) is 11.9. The summed E-state index contributed by atoms with van der Waals surface area (Å²) in [5, 5.41) is 11.3. The Morgan fingerprint density at radius 3 is 1.88 bits per heavy atom. The standard InChI is InChI=1S/C51H30N4O/c1-2-13-31(14-3-1)36-27-35-18-7-8-19-37(35)43(29-36)50-52-49(41-23-12-22-39-42-28-33-16-4-5-17-34(33)30-46(42)56-48(39)41)53-51(54-50)55-44-24-11-10-21-40(44)47-38-20-9-6-15-32(38)25-26-45(47)55/h1-30H. The van der Waals surface area contributed by atoms with Crippen molar-refractivity contribution < 1.29 is 4.42 Å². The van der Waals surface area contributed by atoms with Crippen LogP contribution in [0, 0.1) is 0 Å². The van der Waals surface area contributed by atoms with E-state index in [9.17, 15) is 0 Å². The summed E-state index contributed by atoms with van der Waals surface area (Å²) < 4.78 is 8.95. The van der Waals surface area contributed by atoms with Gasteiger partial charge in [0.1, 0.15) is 11.2 Å². The summed E-state index contributed by atoms with van der Waals surface area (Å²) in [7, 11) is 0. The fourth-order valence-corrected chi connectivity index (χ4v) is 8.61. The zero-order valence-corrected chi connectivity index (χ0v) is 30.0. The van der Waals surface area contributed by atoms with Gasteiger partial charge in [0.05, 0.1) is 16.6 Å². The number of nitrogens with zero attached hydrogens (tertiary/aromatic N) is 4. The molecule has 0 unspecified atom stereocenters. The highest BCUT2D eigenvalue weighted by Crippen LogP contribution is 2.40. The topological polar surface area (TPSA) is 56.7 Å². The average Bonchev–Trinajstić information content (AvgIpc) is 3.81. The third-order valence-corrected chi connectivity index (χ3v) is 11.2. The third kappa shape index (κ3) is 4.64. The molecule has 0 atom stereocenters. The molecule has 0 aliphatic rings. The summed E-state index contributed by atoms with van der Waals surface area (Å²) in [5.74, 6) is 1.67. The van der Waals surface area contributed by atoms with E-state index in [1.54, 1.807) is 0 Å². The van der Waals surface area contributed by atoms with Crippen LogP contribution >= 0.6 is 0 Å². The van der Waals surface area contributed by atoms with Crippen LogP contribution in [-0.4, -0.2) is 19.5 Å². The Bertz CT molecular complexity index is 3540. The Kier molecular flexibility index (Phi) is 6.56. The predicted octanol–water partition coefficient (Wildman–Crippen LogP) is 13.3. The molecule has 260 valence electrons. The van der Waals surface area contributed by atoms with Crippen molar-refractivity contribution in [3.05, 3.63) is 182 Å². The van der Waals surface area contributed by atoms with Crippen LogP contribution in [0.1, 0.15) is 0 Å². The maximum Gasteiger partial charge on any atom is 0.238 e. The van der Waals surface area contributed by atoms with Crippen molar-refractivity contribution in [2.75, 3.05) is 0 Å². The van der Waals surface area contributed by atoms with Gasteiger partial charge in [-0.05, 0) is 85.9 Å². The van der Waals surface area contributed by atoms with Crippen LogP contribution in [0.4, 0.5) is 0 Å². The number of rotatable bonds is 4. The van der Waals surface area contributed by atoms with E-state index in [2.05, 4.69) is 180 Å². The van der Waals surface area contributed by atoms with E-state index in [1.165, 1.54) is 21.5 Å². The van der Waals surface area contributed by atoms with Gasteiger partial charge in [-0.3, -0.25) is 4.57 Å². The molecule has 0 aliphatic heterocycles. The van der Waals surface area contributed by atoms with Crippen molar-refractivity contribution in [2.45, 2.75) is 0 Å². The van der Waals surface area contributed by atoms with Gasteiger partial charge in [-0.1, -0.05) is 140 Å². The van der Waals surface area contributed by atoms with Gasteiger partial charge in [0.2, 0.25) is 5.95 Å². The zero-order chi connectivity index (χ0) is 36.7. The summed E-state index contributed by atoms with van der Waals surface area (Å²) in [6, 6.07) is 63.9. The van der Waals surface area contributed by atoms with Crippen LogP contribution in [0.3, 0.4) is 0 Å². The highest BCUT2D eigenvalue weighted by atomic mass is 16.3. The lowest BCUT2D eigenvalue weighted by Crippen LogP contribution is -2.06. The molecule has 56 heavy (non-hydrogen) atoms. The first-order chi connectivity index (χ1) is 27.7. The average molecular weight is 715 g/mol. The summed E-state index contributed by atoms with van der Waals surface area (Å²) in [6.45, 7) is 0. The van der Waals surface area contributed by atoms with Crippen LogP contribution in [0.15, 0.2) is 186 Å². The smallest absolute Gasteiger partial charge is 0.238 e. The van der Waals surface area contributed by atoms with Crippen molar-refractivity contribution in [1.82, 2.24) is 19.5 Å². The van der Waals surface area contributed by atoms with Gasteiger partial charge < -0.3 is 4.42 Å². The van der Waals surface area contributed by atoms with Crippen molar-refractivity contribution in [1.29, 1.82) is 0 Å². The molecular weight excluding hydrogens is 685 g/mol. The molecule has 0 saturated carbocycles. The van der Waals surface area contributed by atoms with Gasteiger partial charge >= 0.3 is 0 Å². The van der Waals surface area contributed by atoms with Gasteiger partial charge in [-0.2, -0.15) is 9.97 Å². The summed E-state index contributed by atoms with van der Waals surface area (Å²) >= 11 is 0. The first kappa shape index (κ1) is 30.8. The highest BCUT2D eigenvalue weighted by Gasteiger charge is 2.22. The monoisotopic (exact) mass is 714 g/mol. The SMILES string of the molecule is c1ccc(-c2cc(-c3nc(-c4cccc5c4oc4cc6ccccc6cc45)nc(-n4c5ccccc5c5c6ccccc6ccc54)n3)c3ccccc3c2)cc1. The molecule has 3 aromatic heterocycles. The van der Waals surface area contributed by atoms with E-state index in [1.807, 2.05) is 6.07 Å². The first-order valence-electron chi connectivity index (χ1n) is 18.9. The molecule has 0 aliphatic carbocycles. The summed E-state index contributed by atoms with van der Waals surface area (Å²) in [6.07, 6.45) is 0. The highest BCUT2D eigenvalue weighted by molar-refractivity contribution is 6.21. The normalized spacial score (nSPS) is 11.9. The van der Waals surface area contributed by atoms with Crippen molar-refractivity contribution in [3.8, 4) is 39.9 Å². The molecule has 0 N–H and O–H groups in total. The number of fused-ring (bicyclic) bond motifs is 10. The van der Waals surface area contributed by atoms with E-state index in [-0.39, 0.29) is 0 Å². The molecule has 3 heterocycles. The number of hydrogen-bond acceptors (Lipinski definition) is 4. The Morgan fingerprint density at radius 1 is 0.375 bits per heavy atom. The molecule has 0 spiro atoms. The quantitative estimate of drug-likeness (QED) is 0.182. The third-order valence-electron chi connectivity index (χ3n) is 11.2. The van der Waals surface area contributed by atoms with E-state index < -0.39 is 0 Å². The summed E-state index contributed by atoms with van der Waals surface area (Å²) in [4.78, 5) is 16.1. The number of benzene rings is 9. The Labute approximate surface area is 320 Å². The van der Waals surface area contributed by atoms with Crippen LogP contribution < -0.4 is 0 Å². The number of aromatic nitrogens is 4. The lowest BCUT2D eigenvalue weighted by atomic mass is 9.96. The van der Waals surface area contributed by atoms with Crippen molar-refractivity contribution >= 4 is 76.1 Å². The largest absolute Gasteiger partial charge is 0.455 e. The molecule has 0 bridgehead atoms.